The second-order valence-corrected chi connectivity index (χ2v) is 5.82. The summed E-state index contributed by atoms with van der Waals surface area (Å²) in [5.41, 5.74) is 2.16. The summed E-state index contributed by atoms with van der Waals surface area (Å²) in [4.78, 5) is 4.62. The van der Waals surface area contributed by atoms with Gasteiger partial charge in [-0.3, -0.25) is 0 Å². The third kappa shape index (κ3) is 3.65. The number of ether oxygens (including phenoxy) is 2. The molecule has 2 aromatic rings. The molecule has 1 heterocycles. The first-order valence-corrected chi connectivity index (χ1v) is 7.84. The molecule has 1 saturated heterocycles. The van der Waals surface area contributed by atoms with Crippen LogP contribution in [0.4, 0.5) is 5.69 Å². The maximum atomic E-state index is 5.92. The number of rotatable bonds is 3. The van der Waals surface area contributed by atoms with Crippen molar-refractivity contribution in [1.29, 1.82) is 0 Å². The topological polar surface area (TPSA) is 30.8 Å². The van der Waals surface area contributed by atoms with Crippen LogP contribution in [0.15, 0.2) is 59.6 Å². The van der Waals surface area contributed by atoms with E-state index < -0.39 is 0 Å². The highest BCUT2D eigenvalue weighted by Crippen LogP contribution is 2.29. The van der Waals surface area contributed by atoms with Crippen LogP contribution in [0.1, 0.15) is 11.7 Å². The Labute approximate surface area is 129 Å². The number of methoxy groups -OCH3 is 1. The molecule has 0 spiro atoms. The van der Waals surface area contributed by atoms with Gasteiger partial charge < -0.3 is 9.47 Å². The number of aliphatic imine (C=N–C) groups is 1. The Hall–Kier alpha value is -1.78. The summed E-state index contributed by atoms with van der Waals surface area (Å²) in [6, 6.07) is 18.1. The summed E-state index contributed by atoms with van der Waals surface area (Å²) in [6.07, 6.45) is 0.158. The van der Waals surface area contributed by atoms with Crippen LogP contribution in [0.2, 0.25) is 0 Å². The van der Waals surface area contributed by atoms with Gasteiger partial charge in [-0.15, -0.1) is 11.8 Å². The van der Waals surface area contributed by atoms with E-state index in [1.54, 1.807) is 18.9 Å². The average molecular weight is 299 g/mol. The van der Waals surface area contributed by atoms with Crippen molar-refractivity contribution in [1.82, 2.24) is 0 Å². The van der Waals surface area contributed by atoms with Crippen LogP contribution in [-0.2, 0) is 4.74 Å². The van der Waals surface area contributed by atoms with Gasteiger partial charge in [0.2, 0.25) is 0 Å². The zero-order valence-corrected chi connectivity index (χ0v) is 12.7. The van der Waals surface area contributed by atoms with Gasteiger partial charge in [0.05, 0.1) is 30.6 Å². The molecule has 3 rings (SSSR count). The molecule has 3 nitrogen and oxygen atoms in total. The summed E-state index contributed by atoms with van der Waals surface area (Å²) in [6.45, 7) is 0.566. The number of hydrogen-bond donors (Lipinski definition) is 0. The molecule has 108 valence electrons. The van der Waals surface area contributed by atoms with Crippen molar-refractivity contribution in [2.24, 2.45) is 4.99 Å². The fourth-order valence-electron chi connectivity index (χ4n) is 2.16. The number of benzene rings is 2. The van der Waals surface area contributed by atoms with E-state index in [-0.39, 0.29) is 6.10 Å². The van der Waals surface area contributed by atoms with E-state index in [1.165, 1.54) is 5.56 Å². The minimum atomic E-state index is 0.158. The van der Waals surface area contributed by atoms with E-state index in [2.05, 4.69) is 17.1 Å². The Morgan fingerprint density at radius 1 is 1.10 bits per heavy atom. The van der Waals surface area contributed by atoms with Crippen molar-refractivity contribution in [2.75, 3.05) is 19.5 Å². The molecule has 21 heavy (non-hydrogen) atoms. The zero-order valence-electron chi connectivity index (χ0n) is 11.9. The van der Waals surface area contributed by atoms with Gasteiger partial charge in [-0.1, -0.05) is 30.3 Å². The van der Waals surface area contributed by atoms with Crippen LogP contribution >= 0.6 is 11.8 Å². The molecule has 2 aromatic carbocycles. The quantitative estimate of drug-likeness (QED) is 0.849. The molecule has 1 unspecified atom stereocenters. The third-order valence-electron chi connectivity index (χ3n) is 3.31. The lowest BCUT2D eigenvalue weighted by atomic mass is 10.1. The third-order valence-corrected chi connectivity index (χ3v) is 4.32. The van der Waals surface area contributed by atoms with Crippen molar-refractivity contribution in [3.8, 4) is 5.75 Å². The predicted molar refractivity (Wildman–Crippen MR) is 87.7 cm³/mol. The predicted octanol–water partition coefficient (Wildman–Crippen LogP) is 4.23. The highest BCUT2D eigenvalue weighted by Gasteiger charge is 2.20. The normalized spacial score (nSPS) is 20.4. The number of hydrogen-bond acceptors (Lipinski definition) is 4. The SMILES string of the molecule is COc1ccc(N=C2COC(c3ccccc3)CS2)cc1. The molecule has 1 atom stereocenters. The molecular formula is C17H17NO2S. The van der Waals surface area contributed by atoms with Crippen LogP contribution < -0.4 is 4.74 Å². The van der Waals surface area contributed by atoms with E-state index in [0.717, 1.165) is 22.2 Å². The van der Waals surface area contributed by atoms with Gasteiger partial charge >= 0.3 is 0 Å². The number of nitrogens with zero attached hydrogens (tertiary/aromatic N) is 1. The van der Waals surface area contributed by atoms with E-state index in [0.29, 0.717) is 6.61 Å². The standard InChI is InChI=1S/C17H17NO2S/c1-19-15-9-7-14(8-10-15)18-17-11-20-16(12-21-17)13-5-3-2-4-6-13/h2-10,16H,11-12H2,1H3. The van der Waals surface area contributed by atoms with Crippen LogP contribution in [0.3, 0.4) is 0 Å². The van der Waals surface area contributed by atoms with Gasteiger partial charge in [0.25, 0.3) is 0 Å². The maximum absolute atomic E-state index is 5.92. The van der Waals surface area contributed by atoms with Crippen LogP contribution in [0.25, 0.3) is 0 Å². The van der Waals surface area contributed by atoms with E-state index in [9.17, 15) is 0 Å². The van der Waals surface area contributed by atoms with Crippen molar-refractivity contribution in [3.05, 3.63) is 60.2 Å². The van der Waals surface area contributed by atoms with E-state index in [1.807, 2.05) is 42.5 Å². The molecule has 1 fully saturated rings. The Morgan fingerprint density at radius 3 is 2.48 bits per heavy atom. The Bertz CT molecular complexity index is 600. The lowest BCUT2D eigenvalue weighted by molar-refractivity contribution is 0.0982. The highest BCUT2D eigenvalue weighted by atomic mass is 32.2. The smallest absolute Gasteiger partial charge is 0.119 e. The second kappa shape index (κ2) is 6.78. The Morgan fingerprint density at radius 2 is 1.86 bits per heavy atom. The molecule has 1 aliphatic rings. The Balaban J connectivity index is 1.63. The first kappa shape index (κ1) is 14.2. The van der Waals surface area contributed by atoms with Gasteiger partial charge in [-0.05, 0) is 29.8 Å². The summed E-state index contributed by atoms with van der Waals surface area (Å²) >= 11 is 1.76. The van der Waals surface area contributed by atoms with Crippen molar-refractivity contribution in [2.45, 2.75) is 6.10 Å². The molecular weight excluding hydrogens is 282 g/mol. The second-order valence-electron chi connectivity index (χ2n) is 4.72. The first-order valence-electron chi connectivity index (χ1n) is 6.86. The summed E-state index contributed by atoms with van der Waals surface area (Å²) < 4.78 is 11.1. The van der Waals surface area contributed by atoms with Gasteiger partial charge in [-0.2, -0.15) is 0 Å². The van der Waals surface area contributed by atoms with Gasteiger partial charge in [0, 0.05) is 5.75 Å². The monoisotopic (exact) mass is 299 g/mol. The molecule has 4 heteroatoms. The summed E-state index contributed by atoms with van der Waals surface area (Å²) in [5.74, 6) is 1.74. The summed E-state index contributed by atoms with van der Waals surface area (Å²) in [5, 5.41) is 1.02. The highest BCUT2D eigenvalue weighted by molar-refractivity contribution is 8.14. The van der Waals surface area contributed by atoms with Crippen molar-refractivity contribution >= 4 is 22.5 Å². The fraction of sp³-hybridized carbons (Fsp3) is 0.235. The molecule has 0 radical (unpaired) electrons. The van der Waals surface area contributed by atoms with Crippen molar-refractivity contribution in [3.63, 3.8) is 0 Å². The molecule has 0 aromatic heterocycles. The van der Waals surface area contributed by atoms with Crippen LogP contribution in [0.5, 0.6) is 5.75 Å². The Kier molecular flexibility index (Phi) is 4.58. The minimum absolute atomic E-state index is 0.158. The van der Waals surface area contributed by atoms with E-state index in [4.69, 9.17) is 9.47 Å². The molecule has 0 amide bonds. The number of thioether (sulfide) groups is 1. The van der Waals surface area contributed by atoms with Gasteiger partial charge in [0.1, 0.15) is 5.75 Å². The largest absolute Gasteiger partial charge is 0.497 e. The molecule has 0 saturated carbocycles. The molecule has 0 aliphatic carbocycles. The van der Waals surface area contributed by atoms with Gasteiger partial charge in [0.15, 0.2) is 0 Å². The summed E-state index contributed by atoms with van der Waals surface area (Å²) in [7, 11) is 1.66. The van der Waals surface area contributed by atoms with Crippen LogP contribution in [-0.4, -0.2) is 24.5 Å². The fourth-order valence-corrected chi connectivity index (χ4v) is 3.11. The molecule has 0 N–H and O–H groups in total. The van der Waals surface area contributed by atoms with E-state index >= 15 is 0 Å². The molecule has 1 aliphatic heterocycles. The maximum Gasteiger partial charge on any atom is 0.119 e. The van der Waals surface area contributed by atoms with Gasteiger partial charge in [-0.25, -0.2) is 4.99 Å². The lowest BCUT2D eigenvalue weighted by Gasteiger charge is -2.23. The molecule has 0 bridgehead atoms. The average Bonchev–Trinajstić information content (AvgIpc) is 2.57. The van der Waals surface area contributed by atoms with Crippen molar-refractivity contribution < 1.29 is 9.47 Å². The lowest BCUT2D eigenvalue weighted by Crippen LogP contribution is -2.19. The minimum Gasteiger partial charge on any atom is -0.497 e. The van der Waals surface area contributed by atoms with Crippen LogP contribution in [0, 0.1) is 0 Å². The first-order chi connectivity index (χ1) is 10.3. The zero-order chi connectivity index (χ0) is 14.5.